The van der Waals surface area contributed by atoms with Crippen LogP contribution in [-0.2, 0) is 11.3 Å². The number of benzene rings is 2. The van der Waals surface area contributed by atoms with Crippen molar-refractivity contribution in [3.63, 3.8) is 0 Å². The number of carbonyl (C=O) groups excluding carboxylic acids is 1. The molecule has 30 heavy (non-hydrogen) atoms. The number of amides is 1. The van der Waals surface area contributed by atoms with E-state index in [2.05, 4.69) is 19.2 Å². The average Bonchev–Trinajstić information content (AvgIpc) is 3.15. The first kappa shape index (κ1) is 21.9. The fourth-order valence-electron chi connectivity index (χ4n) is 3.29. The minimum atomic E-state index is -0.409. The number of hydrogen-bond acceptors (Lipinski definition) is 4. The van der Waals surface area contributed by atoms with E-state index < -0.39 is 6.04 Å². The monoisotopic (exact) mass is 426 g/mol. The van der Waals surface area contributed by atoms with Gasteiger partial charge < -0.3 is 15.8 Å². The fourth-order valence-corrected chi connectivity index (χ4v) is 3.52. The van der Waals surface area contributed by atoms with Crippen LogP contribution in [0.3, 0.4) is 0 Å². The topological polar surface area (TPSA) is 82.2 Å². The molecule has 0 saturated carbocycles. The molecular weight excluding hydrogens is 400 g/mol. The average molecular weight is 427 g/mol. The Bertz CT molecular complexity index is 999. The lowest BCUT2D eigenvalue weighted by Gasteiger charge is -2.17. The van der Waals surface area contributed by atoms with Gasteiger partial charge in [-0.25, -0.2) is 4.68 Å². The molecule has 0 saturated heterocycles. The maximum atomic E-state index is 11.9. The van der Waals surface area contributed by atoms with Gasteiger partial charge in [0.1, 0.15) is 5.75 Å². The van der Waals surface area contributed by atoms with Crippen molar-refractivity contribution in [1.29, 1.82) is 0 Å². The van der Waals surface area contributed by atoms with E-state index in [9.17, 15) is 4.79 Å². The second-order valence-corrected chi connectivity index (χ2v) is 8.00. The SMILES string of the molecule is COc1ccc(-n2cc(CN[C@@H](CC(C)C)C(N)=O)c(-c3ccccc3Cl)n2)cc1. The van der Waals surface area contributed by atoms with Gasteiger partial charge in [0, 0.05) is 23.9 Å². The summed E-state index contributed by atoms with van der Waals surface area (Å²) in [5, 5.41) is 8.69. The lowest BCUT2D eigenvalue weighted by atomic mass is 10.0. The predicted octanol–water partition coefficient (Wildman–Crippen LogP) is 4.19. The number of carbonyl (C=O) groups is 1. The summed E-state index contributed by atoms with van der Waals surface area (Å²) in [5.74, 6) is 0.766. The van der Waals surface area contributed by atoms with Crippen LogP contribution in [-0.4, -0.2) is 28.8 Å². The van der Waals surface area contributed by atoms with Crippen LogP contribution in [0.1, 0.15) is 25.8 Å². The van der Waals surface area contributed by atoms with Crippen LogP contribution >= 0.6 is 11.6 Å². The van der Waals surface area contributed by atoms with Crippen LogP contribution in [0.15, 0.2) is 54.7 Å². The van der Waals surface area contributed by atoms with Crippen LogP contribution in [0.25, 0.3) is 16.9 Å². The molecule has 0 spiro atoms. The quantitative estimate of drug-likeness (QED) is 0.537. The highest BCUT2D eigenvalue weighted by Crippen LogP contribution is 2.30. The van der Waals surface area contributed by atoms with Crippen LogP contribution in [0.5, 0.6) is 5.75 Å². The fraction of sp³-hybridized carbons (Fsp3) is 0.304. The summed E-state index contributed by atoms with van der Waals surface area (Å²) in [6.07, 6.45) is 2.62. The van der Waals surface area contributed by atoms with Crippen molar-refractivity contribution in [2.45, 2.75) is 32.9 Å². The summed E-state index contributed by atoms with van der Waals surface area (Å²) in [7, 11) is 1.63. The molecule has 0 unspecified atom stereocenters. The van der Waals surface area contributed by atoms with Crippen LogP contribution < -0.4 is 15.8 Å². The Morgan fingerprint density at radius 2 is 1.90 bits per heavy atom. The Labute approximate surface area is 182 Å². The Hall–Kier alpha value is -2.83. The molecule has 3 N–H and O–H groups in total. The van der Waals surface area contributed by atoms with Gasteiger partial charge in [0.25, 0.3) is 0 Å². The Morgan fingerprint density at radius 3 is 2.50 bits per heavy atom. The zero-order chi connectivity index (χ0) is 21.7. The number of primary amides is 1. The Balaban J connectivity index is 1.96. The molecular formula is C23H27ClN4O2. The minimum absolute atomic E-state index is 0.347. The van der Waals surface area contributed by atoms with Gasteiger partial charge >= 0.3 is 0 Å². The zero-order valence-corrected chi connectivity index (χ0v) is 18.2. The van der Waals surface area contributed by atoms with E-state index in [1.165, 1.54) is 0 Å². The van der Waals surface area contributed by atoms with Crippen molar-refractivity contribution in [3.8, 4) is 22.7 Å². The maximum absolute atomic E-state index is 11.9. The molecule has 158 valence electrons. The number of halogens is 1. The molecule has 0 aliphatic heterocycles. The van der Waals surface area contributed by atoms with E-state index in [0.29, 0.717) is 23.9 Å². The van der Waals surface area contributed by atoms with Crippen LogP contribution in [0.2, 0.25) is 5.02 Å². The molecule has 0 aliphatic carbocycles. The molecule has 6 nitrogen and oxygen atoms in total. The summed E-state index contributed by atoms with van der Waals surface area (Å²) in [6, 6.07) is 14.8. The van der Waals surface area contributed by atoms with Crippen LogP contribution in [0.4, 0.5) is 0 Å². The van der Waals surface area contributed by atoms with Gasteiger partial charge in [-0.05, 0) is 42.7 Å². The molecule has 3 aromatic rings. The number of nitrogens with two attached hydrogens (primary N) is 1. The number of aromatic nitrogens is 2. The molecule has 2 aromatic carbocycles. The van der Waals surface area contributed by atoms with Crippen molar-refractivity contribution in [3.05, 3.63) is 65.3 Å². The summed E-state index contributed by atoms with van der Waals surface area (Å²) < 4.78 is 7.04. The normalized spacial score (nSPS) is 12.2. The first-order valence-electron chi connectivity index (χ1n) is 9.89. The molecule has 1 atom stereocenters. The molecule has 0 aliphatic rings. The maximum Gasteiger partial charge on any atom is 0.234 e. The second kappa shape index (κ2) is 9.78. The van der Waals surface area contributed by atoms with Gasteiger partial charge in [0.05, 0.1) is 29.6 Å². The Kier molecular flexibility index (Phi) is 7.13. The van der Waals surface area contributed by atoms with Crippen molar-refractivity contribution in [2.24, 2.45) is 11.7 Å². The summed E-state index contributed by atoms with van der Waals surface area (Å²) in [4.78, 5) is 11.9. The third kappa shape index (κ3) is 5.20. The van der Waals surface area contributed by atoms with Crippen molar-refractivity contribution in [2.75, 3.05) is 7.11 Å². The smallest absolute Gasteiger partial charge is 0.234 e. The molecule has 0 radical (unpaired) electrons. The summed E-state index contributed by atoms with van der Waals surface area (Å²) in [6.45, 7) is 4.57. The largest absolute Gasteiger partial charge is 0.497 e. The molecule has 1 amide bonds. The van der Waals surface area contributed by atoms with Crippen molar-refractivity contribution >= 4 is 17.5 Å². The van der Waals surface area contributed by atoms with E-state index in [1.807, 2.05) is 54.7 Å². The predicted molar refractivity (Wildman–Crippen MR) is 120 cm³/mol. The number of nitrogens with one attached hydrogen (secondary N) is 1. The van der Waals surface area contributed by atoms with E-state index in [4.69, 9.17) is 27.2 Å². The molecule has 3 rings (SSSR count). The third-order valence-corrected chi connectivity index (χ3v) is 5.18. The molecule has 0 bridgehead atoms. The molecule has 1 aromatic heterocycles. The van der Waals surface area contributed by atoms with E-state index in [-0.39, 0.29) is 5.91 Å². The standard InChI is InChI=1S/C23H27ClN4O2/c1-15(2)12-21(23(25)29)26-13-16-14-28(17-8-10-18(30-3)11-9-17)27-22(16)19-6-4-5-7-20(19)24/h4-11,14-15,21,26H,12-13H2,1-3H3,(H2,25,29)/t21-/m0/s1. The zero-order valence-electron chi connectivity index (χ0n) is 17.4. The second-order valence-electron chi connectivity index (χ2n) is 7.59. The number of ether oxygens (including phenoxy) is 1. The minimum Gasteiger partial charge on any atom is -0.497 e. The number of rotatable bonds is 9. The van der Waals surface area contributed by atoms with E-state index in [0.717, 1.165) is 28.3 Å². The van der Waals surface area contributed by atoms with E-state index in [1.54, 1.807) is 11.8 Å². The molecule has 0 fully saturated rings. The highest BCUT2D eigenvalue weighted by molar-refractivity contribution is 6.33. The highest BCUT2D eigenvalue weighted by Gasteiger charge is 2.19. The summed E-state index contributed by atoms with van der Waals surface area (Å²) in [5.41, 5.74) is 9.00. The van der Waals surface area contributed by atoms with Crippen molar-refractivity contribution < 1.29 is 9.53 Å². The van der Waals surface area contributed by atoms with Gasteiger partial charge in [0.2, 0.25) is 5.91 Å². The number of hydrogen-bond donors (Lipinski definition) is 2. The van der Waals surface area contributed by atoms with Gasteiger partial charge in [0.15, 0.2) is 0 Å². The Morgan fingerprint density at radius 1 is 1.20 bits per heavy atom. The van der Waals surface area contributed by atoms with Gasteiger partial charge in [-0.15, -0.1) is 0 Å². The molecule has 1 heterocycles. The van der Waals surface area contributed by atoms with Crippen LogP contribution in [0, 0.1) is 5.92 Å². The van der Waals surface area contributed by atoms with Gasteiger partial charge in [-0.3, -0.25) is 4.79 Å². The lowest BCUT2D eigenvalue weighted by Crippen LogP contribution is -2.41. The van der Waals surface area contributed by atoms with Gasteiger partial charge in [-0.2, -0.15) is 5.10 Å². The molecule has 7 heteroatoms. The lowest BCUT2D eigenvalue weighted by molar-refractivity contribution is -0.120. The van der Waals surface area contributed by atoms with Gasteiger partial charge in [-0.1, -0.05) is 43.6 Å². The summed E-state index contributed by atoms with van der Waals surface area (Å²) >= 11 is 6.45. The third-order valence-electron chi connectivity index (χ3n) is 4.85. The first-order chi connectivity index (χ1) is 14.4. The highest BCUT2D eigenvalue weighted by atomic mass is 35.5. The van der Waals surface area contributed by atoms with Crippen molar-refractivity contribution in [1.82, 2.24) is 15.1 Å². The number of nitrogens with zero attached hydrogens (tertiary/aromatic N) is 2. The number of methoxy groups -OCH3 is 1. The van der Waals surface area contributed by atoms with E-state index >= 15 is 0 Å². The first-order valence-corrected chi connectivity index (χ1v) is 10.3.